The van der Waals surface area contributed by atoms with Crippen molar-refractivity contribution >= 4 is 55.7 Å². The molecule has 1 aliphatic heterocycles. The molecule has 1 unspecified atom stereocenters. The second-order valence-corrected chi connectivity index (χ2v) is 11.3. The largest absolute Gasteiger partial charge is 0.321 e. The summed E-state index contributed by atoms with van der Waals surface area (Å²) in [4.78, 5) is 18.1. The summed E-state index contributed by atoms with van der Waals surface area (Å²) in [7, 11) is -3.09. The molecule has 1 saturated carbocycles. The molecule has 1 saturated heterocycles. The number of amides is 1. The zero-order valence-electron chi connectivity index (χ0n) is 16.7. The summed E-state index contributed by atoms with van der Waals surface area (Å²) in [6, 6.07) is 6.43. The minimum Gasteiger partial charge on any atom is -0.321 e. The third-order valence-corrected chi connectivity index (χ3v) is 8.13. The van der Waals surface area contributed by atoms with Gasteiger partial charge >= 0.3 is 0 Å². The highest BCUT2D eigenvalue weighted by Crippen LogP contribution is 2.41. The number of fused-ring (bicyclic) bond motifs is 1. The van der Waals surface area contributed by atoms with E-state index in [4.69, 9.17) is 28.2 Å². The molecule has 2 aliphatic rings. The monoisotopic (exact) mass is 478 g/mol. The molecule has 1 amide bonds. The molecule has 0 bridgehead atoms. The lowest BCUT2D eigenvalue weighted by molar-refractivity contribution is 0.102. The van der Waals surface area contributed by atoms with Crippen LogP contribution >= 0.6 is 23.2 Å². The van der Waals surface area contributed by atoms with E-state index >= 15 is 0 Å². The number of rotatable bonds is 4. The molecule has 10 heteroatoms. The quantitative estimate of drug-likeness (QED) is 0.593. The number of aryl methyl sites for hydroxylation is 1. The van der Waals surface area contributed by atoms with Crippen molar-refractivity contribution in [2.75, 3.05) is 16.8 Å². The van der Waals surface area contributed by atoms with Gasteiger partial charge in [0.25, 0.3) is 5.91 Å². The fourth-order valence-corrected chi connectivity index (χ4v) is 6.25. The molecule has 1 aliphatic carbocycles. The molecule has 7 nitrogen and oxygen atoms in total. The van der Waals surface area contributed by atoms with Crippen LogP contribution in [-0.4, -0.2) is 40.6 Å². The molecule has 0 radical (unpaired) electrons. The van der Waals surface area contributed by atoms with Crippen LogP contribution in [0.15, 0.2) is 24.3 Å². The third-order valence-electron chi connectivity index (χ3n) is 5.83. The molecule has 0 spiro atoms. The lowest BCUT2D eigenvalue weighted by Crippen LogP contribution is -2.15. The Bertz CT molecular complexity index is 1330. The molecule has 1 N–H and O–H groups in total. The van der Waals surface area contributed by atoms with Crippen molar-refractivity contribution < 1.29 is 13.2 Å². The molecular weight excluding hydrogens is 459 g/mol. The Morgan fingerprint density at radius 3 is 2.61 bits per heavy atom. The van der Waals surface area contributed by atoms with E-state index in [1.807, 2.05) is 13.0 Å². The summed E-state index contributed by atoms with van der Waals surface area (Å²) in [5, 5.41) is 8.93. The number of aromatic nitrogens is 3. The molecule has 162 valence electrons. The van der Waals surface area contributed by atoms with E-state index in [1.54, 1.807) is 22.9 Å². The minimum atomic E-state index is -3.09. The van der Waals surface area contributed by atoms with Gasteiger partial charge in [-0.2, -0.15) is 5.10 Å². The van der Waals surface area contributed by atoms with E-state index in [-0.39, 0.29) is 23.5 Å². The van der Waals surface area contributed by atoms with E-state index in [0.29, 0.717) is 50.4 Å². The average Bonchev–Trinajstić information content (AvgIpc) is 3.43. The molecule has 31 heavy (non-hydrogen) atoms. The number of hydrogen-bond donors (Lipinski definition) is 1. The predicted octanol–water partition coefficient (Wildman–Crippen LogP) is 4.54. The van der Waals surface area contributed by atoms with Gasteiger partial charge < -0.3 is 5.32 Å². The Balaban J connectivity index is 1.61. The summed E-state index contributed by atoms with van der Waals surface area (Å²) < 4.78 is 25.8. The number of carbonyl (C=O) groups excluding carboxylic acids is 1. The number of halogens is 2. The van der Waals surface area contributed by atoms with Crippen molar-refractivity contribution in [2.24, 2.45) is 0 Å². The Labute approximate surface area is 189 Å². The maximum absolute atomic E-state index is 13.3. The van der Waals surface area contributed by atoms with Gasteiger partial charge in [-0.3, -0.25) is 4.79 Å². The molecule has 2 aromatic heterocycles. The van der Waals surface area contributed by atoms with Crippen LogP contribution in [0.4, 0.5) is 5.69 Å². The van der Waals surface area contributed by atoms with E-state index in [0.717, 1.165) is 18.5 Å². The first-order chi connectivity index (χ1) is 14.7. The molecule has 3 heterocycles. The van der Waals surface area contributed by atoms with Crippen molar-refractivity contribution in [2.45, 2.75) is 38.1 Å². The Hall–Kier alpha value is -2.16. The lowest BCUT2D eigenvalue weighted by atomic mass is 10.1. The van der Waals surface area contributed by atoms with Crippen LogP contribution in [0.3, 0.4) is 0 Å². The van der Waals surface area contributed by atoms with Crippen LogP contribution in [-0.2, 0) is 9.84 Å². The highest BCUT2D eigenvalue weighted by Gasteiger charge is 2.34. The molecule has 3 aromatic rings. The second kappa shape index (κ2) is 7.46. The topological polar surface area (TPSA) is 93.9 Å². The van der Waals surface area contributed by atoms with Gasteiger partial charge in [-0.15, -0.1) is 0 Å². The fraction of sp³-hybridized carbons (Fsp3) is 0.381. The van der Waals surface area contributed by atoms with E-state index in [1.165, 1.54) is 0 Å². The maximum Gasteiger partial charge on any atom is 0.256 e. The molecule has 5 rings (SSSR count). The Morgan fingerprint density at radius 2 is 1.97 bits per heavy atom. The Morgan fingerprint density at radius 1 is 1.19 bits per heavy atom. The molecule has 1 aromatic carbocycles. The molecule has 1 atom stereocenters. The first-order valence-corrected chi connectivity index (χ1v) is 12.7. The summed E-state index contributed by atoms with van der Waals surface area (Å²) in [5.74, 6) is 0.176. The first-order valence-electron chi connectivity index (χ1n) is 10.1. The van der Waals surface area contributed by atoms with Gasteiger partial charge in [-0.1, -0.05) is 23.2 Å². The van der Waals surface area contributed by atoms with Gasteiger partial charge in [0.15, 0.2) is 15.5 Å². The van der Waals surface area contributed by atoms with Crippen LogP contribution in [0.25, 0.3) is 11.0 Å². The number of anilines is 1. The van der Waals surface area contributed by atoms with E-state index in [9.17, 15) is 13.2 Å². The van der Waals surface area contributed by atoms with Crippen LogP contribution in [0.1, 0.15) is 53.0 Å². The normalized spacial score (nSPS) is 20.3. The molecular formula is C21H20Cl2N4O3S. The van der Waals surface area contributed by atoms with Crippen LogP contribution in [0.2, 0.25) is 10.0 Å². The van der Waals surface area contributed by atoms with Crippen molar-refractivity contribution in [3.63, 3.8) is 0 Å². The predicted molar refractivity (Wildman–Crippen MR) is 121 cm³/mol. The number of hydrogen-bond acceptors (Lipinski definition) is 5. The third kappa shape index (κ3) is 3.92. The van der Waals surface area contributed by atoms with Gasteiger partial charge in [0, 0.05) is 16.6 Å². The highest BCUT2D eigenvalue weighted by atomic mass is 35.5. The Kier molecular flexibility index (Phi) is 4.99. The summed E-state index contributed by atoms with van der Waals surface area (Å²) in [6.45, 7) is 1.81. The number of nitrogens with one attached hydrogen (secondary N) is 1. The fourth-order valence-electron chi connectivity index (χ4n) is 4.10. The maximum atomic E-state index is 13.3. The first kappa shape index (κ1) is 20.7. The second-order valence-electron chi connectivity index (χ2n) is 8.23. The zero-order chi connectivity index (χ0) is 21.9. The van der Waals surface area contributed by atoms with Crippen molar-refractivity contribution in [1.29, 1.82) is 0 Å². The van der Waals surface area contributed by atoms with Crippen molar-refractivity contribution in [1.82, 2.24) is 14.8 Å². The minimum absolute atomic E-state index is 0.0421. The van der Waals surface area contributed by atoms with Crippen molar-refractivity contribution in [3.8, 4) is 0 Å². The smallest absolute Gasteiger partial charge is 0.256 e. The zero-order valence-corrected chi connectivity index (χ0v) is 19.1. The number of nitrogens with zero attached hydrogens (tertiary/aromatic N) is 3. The van der Waals surface area contributed by atoms with E-state index < -0.39 is 9.84 Å². The summed E-state index contributed by atoms with van der Waals surface area (Å²) in [5.41, 5.74) is 2.96. The molecule has 2 fully saturated rings. The van der Waals surface area contributed by atoms with E-state index in [2.05, 4.69) is 10.4 Å². The number of pyridine rings is 1. The van der Waals surface area contributed by atoms with Crippen LogP contribution in [0, 0.1) is 6.92 Å². The summed E-state index contributed by atoms with van der Waals surface area (Å²) >= 11 is 12.2. The highest BCUT2D eigenvalue weighted by molar-refractivity contribution is 7.91. The average molecular weight is 479 g/mol. The van der Waals surface area contributed by atoms with Gasteiger partial charge in [0.2, 0.25) is 0 Å². The van der Waals surface area contributed by atoms with Gasteiger partial charge in [-0.25, -0.2) is 18.1 Å². The number of carbonyl (C=O) groups is 1. The van der Waals surface area contributed by atoms with Gasteiger partial charge in [0.05, 0.1) is 44.9 Å². The van der Waals surface area contributed by atoms with Gasteiger partial charge in [-0.05, 0) is 50.5 Å². The van der Waals surface area contributed by atoms with Gasteiger partial charge in [0.1, 0.15) is 0 Å². The lowest BCUT2D eigenvalue weighted by Gasteiger charge is -2.12. The van der Waals surface area contributed by atoms with Crippen LogP contribution in [0.5, 0.6) is 0 Å². The van der Waals surface area contributed by atoms with Crippen molar-refractivity contribution in [3.05, 3.63) is 51.3 Å². The standard InChI is InChI=1S/C21H20Cl2N4O3S/c1-11-19-15(21(28)25-17-5-4-13(22)8-16(17)23)9-18(12-2-3-12)24-20(19)27(26-11)14-6-7-31(29,30)10-14/h4-5,8-9,12,14H,2-3,6-7,10H2,1H3,(H,25,28). The SMILES string of the molecule is Cc1nn(C2CCS(=O)(=O)C2)c2nc(C3CC3)cc(C(=O)Nc3ccc(Cl)cc3Cl)c12. The number of benzene rings is 1. The number of sulfone groups is 1. The van der Waals surface area contributed by atoms with Crippen LogP contribution < -0.4 is 5.32 Å². The summed E-state index contributed by atoms with van der Waals surface area (Å²) in [6.07, 6.45) is 2.54.